The van der Waals surface area contributed by atoms with E-state index in [0.29, 0.717) is 62.1 Å². The van der Waals surface area contributed by atoms with Crippen LogP contribution in [0.2, 0.25) is 0 Å². The quantitative estimate of drug-likeness (QED) is 0.0112. The normalized spacial score (nSPS) is 17.0. The smallest absolute Gasteiger partial charge is 0.332 e. The fraction of sp³-hybridized carbons (Fsp3) is 0.360. The number of carbonyl (C=O) groups is 8. The van der Waals surface area contributed by atoms with Gasteiger partial charge in [-0.05, 0) is 129 Å². The van der Waals surface area contributed by atoms with E-state index >= 15 is 0 Å². The van der Waals surface area contributed by atoms with Crippen LogP contribution < -0.4 is 47.1 Å². The number of hydrogen-bond donors (Lipinski definition) is 7. The summed E-state index contributed by atoms with van der Waals surface area (Å²) >= 11 is 2.47. The van der Waals surface area contributed by atoms with Crippen LogP contribution in [0.4, 0.5) is 16.4 Å². The summed E-state index contributed by atoms with van der Waals surface area (Å²) in [7, 11) is 3.22. The third kappa shape index (κ3) is 19.9. The molecule has 3 atom stereocenters. The van der Waals surface area contributed by atoms with E-state index in [1.807, 2.05) is 115 Å². The second-order valence-electron chi connectivity index (χ2n) is 30.3. The summed E-state index contributed by atoms with van der Waals surface area (Å²) < 4.78 is 25.6. The van der Waals surface area contributed by atoms with Crippen LogP contribution in [-0.4, -0.2) is 210 Å². The lowest BCUT2D eigenvalue weighted by molar-refractivity contribution is -0.138. The van der Waals surface area contributed by atoms with E-state index in [0.717, 1.165) is 112 Å². The number of nitrogens with zero attached hydrogens (tertiary/aromatic N) is 8. The van der Waals surface area contributed by atoms with E-state index in [9.17, 15) is 48.3 Å². The predicted octanol–water partition coefficient (Wildman–Crippen LogP) is 8.13. The monoisotopic (exact) mass is 1650 g/mol. The number of methoxy groups -OCH3 is 1. The molecule has 28 nitrogen and oxygen atoms in total. The van der Waals surface area contributed by atoms with E-state index in [2.05, 4.69) is 60.9 Å². The van der Waals surface area contributed by atoms with Gasteiger partial charge in [0.2, 0.25) is 35.5 Å². The average Bonchev–Trinajstić information content (AvgIpc) is 1.63. The first-order valence-electron chi connectivity index (χ1n) is 40.0. The van der Waals surface area contributed by atoms with Crippen molar-refractivity contribution in [3.05, 3.63) is 219 Å². The second kappa shape index (κ2) is 38.5. The number of thioether (sulfide) groups is 2. The lowest BCUT2D eigenvalue weighted by Gasteiger charge is -2.45. The number of urea groups is 1. The number of nitrogens with two attached hydrogens (primary N) is 1. The number of imide groups is 2. The molecule has 4 fully saturated rings. The lowest BCUT2D eigenvalue weighted by atomic mass is 9.87. The summed E-state index contributed by atoms with van der Waals surface area (Å²) in [5.41, 5.74) is 10.3. The van der Waals surface area contributed by atoms with Crippen LogP contribution >= 0.6 is 23.5 Å². The Balaban J connectivity index is 0.534. The van der Waals surface area contributed by atoms with Gasteiger partial charge in [-0.3, -0.25) is 48.2 Å². The number of hydrogen-bond acceptors (Lipinski definition) is 21. The summed E-state index contributed by atoms with van der Waals surface area (Å²) in [6, 6.07) is 48.5. The van der Waals surface area contributed by atoms with Crippen LogP contribution in [0.15, 0.2) is 201 Å². The number of carbonyl (C=O) groups excluding carboxylic acids is 8. The molecule has 9 amide bonds. The molecule has 0 bridgehead atoms. The van der Waals surface area contributed by atoms with Crippen LogP contribution in [-0.2, 0) is 66.8 Å². The highest BCUT2D eigenvalue weighted by molar-refractivity contribution is 8.08. The van der Waals surface area contributed by atoms with E-state index in [-0.39, 0.29) is 82.6 Å². The zero-order valence-corrected chi connectivity index (χ0v) is 68.2. The van der Waals surface area contributed by atoms with Crippen LogP contribution in [0.3, 0.4) is 0 Å². The van der Waals surface area contributed by atoms with Gasteiger partial charge in [-0.15, -0.1) is 0 Å². The molecule has 30 heteroatoms. The van der Waals surface area contributed by atoms with Gasteiger partial charge in [-0.1, -0.05) is 138 Å². The molecule has 119 heavy (non-hydrogen) atoms. The molecule has 8 N–H and O–H groups in total. The molecule has 618 valence electrons. The first-order chi connectivity index (χ1) is 57.8. The number of amides is 9. The highest BCUT2D eigenvalue weighted by Gasteiger charge is 2.46. The maximum atomic E-state index is 14.3. The van der Waals surface area contributed by atoms with Crippen molar-refractivity contribution in [3.8, 4) is 28.7 Å². The zero-order chi connectivity index (χ0) is 83.2. The minimum atomic E-state index is -1.53. The molecular weight excluding hydrogens is 1550 g/mol. The first kappa shape index (κ1) is 83.9. The molecule has 1 unspecified atom stereocenters. The van der Waals surface area contributed by atoms with Crippen molar-refractivity contribution in [2.24, 2.45) is 18.7 Å². The van der Waals surface area contributed by atoms with E-state index in [1.165, 1.54) is 40.4 Å². The standard InChI is InChI=1S/C89H96N14O14S2/c1-88(37-44-99(45-38-88)62-33-41-100(42-34-62)86-95-70-30-27-60(69-55-98(2)83(110)77-66(69)32-40-91-77)53-67(70)80(97-86)89(56-104,117-63-28-29-63)61-20-10-5-11-21-61)94-39-16-19-59-26-31-72(114-3)71(52-59)101-43-35-75(107)103(87(101)113)57-93-74(106)54-92-82(109)68(51-58-17-8-4-9-18-58)76(81(90)108)96-73(105)36-47-115-49-50-116-48-46-102-84(111)78(118-64-22-12-6-13-23-64)79(85(102)112)119-65-24-14-7-15-25-65/h4-15,17-18,20-27,30-32,40,52-53,55,62-63,68,76,91,94,104H,28-29,33-39,41-51,54,56-57H2,1-3H3,(H2,90,108)(H,92,109)(H,93,106)(H,96,105)/t68-,76?,89-/m0/s1. The first-order valence-corrected chi connectivity index (χ1v) is 41.7. The Hall–Kier alpha value is -11.5. The van der Waals surface area contributed by atoms with E-state index in [1.54, 1.807) is 66.3 Å². The Bertz CT molecular complexity index is 5310. The van der Waals surface area contributed by atoms with Crippen LogP contribution in [0.1, 0.15) is 80.7 Å². The van der Waals surface area contributed by atoms with Gasteiger partial charge in [0.25, 0.3) is 17.4 Å². The third-order valence-electron chi connectivity index (χ3n) is 22.2. The number of ether oxygens (including phenoxy) is 4. The minimum Gasteiger partial charge on any atom is -0.495 e. The summed E-state index contributed by atoms with van der Waals surface area (Å²) in [4.78, 5) is 147. The number of aliphatic hydroxyl groups is 1. The Morgan fingerprint density at radius 2 is 1.39 bits per heavy atom. The zero-order valence-electron chi connectivity index (χ0n) is 66.5. The predicted molar refractivity (Wildman–Crippen MR) is 452 cm³/mol. The van der Waals surface area contributed by atoms with Crippen LogP contribution in [0.5, 0.6) is 5.75 Å². The molecule has 5 aliphatic rings. The largest absolute Gasteiger partial charge is 0.495 e. The molecule has 1 aliphatic carbocycles. The van der Waals surface area contributed by atoms with Gasteiger partial charge in [-0.25, -0.2) is 19.7 Å². The lowest BCUT2D eigenvalue weighted by Crippen LogP contribution is -2.57. The number of primary amides is 1. The number of nitrogens with one attached hydrogen (secondary N) is 5. The number of likely N-dealkylation sites (tertiary alicyclic amines) is 1. The fourth-order valence-electron chi connectivity index (χ4n) is 15.5. The van der Waals surface area contributed by atoms with Crippen LogP contribution in [0.25, 0.3) is 32.9 Å². The number of fused-ring (bicyclic) bond motifs is 2. The van der Waals surface area contributed by atoms with E-state index in [4.69, 9.17) is 34.6 Å². The topological polar surface area (TPSA) is 348 Å². The molecule has 3 saturated heterocycles. The Morgan fingerprint density at radius 3 is 2.05 bits per heavy atom. The SMILES string of the molecule is COc1ccc(C#CCNC2(C)CCN(C3CCN(c4nc([C@@](CO)(OC5CC5)c5ccccc5)c5cc(-c6cn(C)c(=O)c7[nH]ccc67)ccc5n4)CC3)CC2)cc1N1CCC(=O)N(CNC(=O)CNC(=O)[C@@H](Cc2ccccc2)C(NC(=O)CCOCCOCCN2C(=O)C(Sc3ccccc3)=C(Sc3ccccc3)C2=O)C(N)=O)C1=O. The summed E-state index contributed by atoms with van der Waals surface area (Å²) in [5, 5.41) is 24.6. The van der Waals surface area contributed by atoms with Gasteiger partial charge in [0.15, 0.2) is 5.60 Å². The molecule has 14 rings (SSSR count). The van der Waals surface area contributed by atoms with Crippen LogP contribution in [0, 0.1) is 17.8 Å². The van der Waals surface area contributed by atoms with Crippen molar-refractivity contribution in [3.63, 3.8) is 0 Å². The number of anilines is 2. The van der Waals surface area contributed by atoms with Gasteiger partial charge in [-0.2, -0.15) is 0 Å². The number of aliphatic hydroxyl groups excluding tert-OH is 1. The molecular formula is C89H96N14O14S2. The number of H-pyrrole nitrogens is 1. The number of aryl methyl sites for hydroxylation is 1. The summed E-state index contributed by atoms with van der Waals surface area (Å²) in [6.07, 6.45) is 8.60. The van der Waals surface area contributed by atoms with Crippen molar-refractivity contribution in [2.75, 3.05) is 109 Å². The number of benzene rings is 6. The minimum absolute atomic E-state index is 0.00419. The molecule has 3 aromatic heterocycles. The number of pyridine rings is 1. The Labute approximate surface area is 697 Å². The molecule has 9 aromatic rings. The summed E-state index contributed by atoms with van der Waals surface area (Å²) in [6.45, 7) is 4.42. The number of piperidine rings is 2. The maximum Gasteiger partial charge on any atom is 0.332 e. The average molecular weight is 1650 g/mol. The van der Waals surface area contributed by atoms with Gasteiger partial charge < -0.3 is 70.4 Å². The van der Waals surface area contributed by atoms with Crippen molar-refractivity contribution in [1.29, 1.82) is 0 Å². The van der Waals surface area contributed by atoms with Crippen molar-refractivity contribution >= 4 is 104 Å². The van der Waals surface area contributed by atoms with Crippen molar-refractivity contribution < 1.29 is 62.4 Å². The third-order valence-corrected chi connectivity index (χ3v) is 24.6. The molecule has 0 spiro atoms. The number of aromatic nitrogens is 4. The molecule has 6 aromatic carbocycles. The molecule has 7 heterocycles. The van der Waals surface area contributed by atoms with E-state index < -0.39 is 78.2 Å². The van der Waals surface area contributed by atoms with Gasteiger partial charge in [0, 0.05) is 108 Å². The fourth-order valence-corrected chi connectivity index (χ4v) is 17.5. The molecule has 4 aliphatic heterocycles. The van der Waals surface area contributed by atoms with Gasteiger partial charge in [0.05, 0.1) is 98.5 Å². The Morgan fingerprint density at radius 1 is 0.731 bits per heavy atom. The second-order valence-corrected chi connectivity index (χ2v) is 32.5. The highest BCUT2D eigenvalue weighted by atomic mass is 32.2. The molecule has 0 radical (unpaired) electrons. The number of aromatic amines is 1. The molecule has 1 saturated carbocycles. The Kier molecular flexibility index (Phi) is 27.1. The highest BCUT2D eigenvalue weighted by Crippen LogP contribution is 2.46. The maximum absolute atomic E-state index is 14.3. The van der Waals surface area contributed by atoms with Gasteiger partial charge in [0.1, 0.15) is 24.0 Å². The van der Waals surface area contributed by atoms with Crippen molar-refractivity contribution in [2.45, 2.75) is 104 Å². The summed E-state index contributed by atoms with van der Waals surface area (Å²) in [5.74, 6) is 1.56. The van der Waals surface area contributed by atoms with Gasteiger partial charge >= 0.3 is 6.03 Å². The van der Waals surface area contributed by atoms with Crippen molar-refractivity contribution in [1.82, 2.24) is 55.5 Å². The number of rotatable bonds is 35.